The van der Waals surface area contributed by atoms with Crippen LogP contribution in [0.15, 0.2) is 78.9 Å². The molecule has 36 heavy (non-hydrogen) atoms. The van der Waals surface area contributed by atoms with Gasteiger partial charge >= 0.3 is 0 Å². The van der Waals surface area contributed by atoms with Crippen LogP contribution in [0, 0.1) is 6.92 Å². The molecule has 0 spiro atoms. The number of aryl methyl sites for hydroxylation is 1. The molecular formula is C27H30ClN3O4S. The molecule has 0 saturated heterocycles. The molecular weight excluding hydrogens is 498 g/mol. The summed E-state index contributed by atoms with van der Waals surface area (Å²) in [4.78, 5) is 28.3. The Hall–Kier alpha value is -3.36. The monoisotopic (exact) mass is 527 g/mol. The van der Waals surface area contributed by atoms with Gasteiger partial charge in [-0.15, -0.1) is 0 Å². The minimum Gasteiger partial charge on any atom is -0.357 e. The highest BCUT2D eigenvalue weighted by Gasteiger charge is 2.32. The fraction of sp³-hybridized carbons (Fsp3) is 0.259. The topological polar surface area (TPSA) is 86.8 Å². The van der Waals surface area contributed by atoms with Crippen LogP contribution in [0.4, 0.5) is 5.69 Å². The number of likely N-dealkylation sites (N-methyl/N-ethyl adjacent to an activating group) is 1. The van der Waals surface area contributed by atoms with E-state index >= 15 is 0 Å². The van der Waals surface area contributed by atoms with Crippen LogP contribution in [-0.4, -0.2) is 51.0 Å². The lowest BCUT2D eigenvalue weighted by Crippen LogP contribution is -2.52. The molecule has 0 heterocycles. The van der Waals surface area contributed by atoms with Gasteiger partial charge in [-0.1, -0.05) is 71.8 Å². The second kappa shape index (κ2) is 12.1. The number of nitrogens with one attached hydrogen (secondary N) is 1. The van der Waals surface area contributed by atoms with Crippen molar-refractivity contribution in [1.82, 2.24) is 10.2 Å². The molecule has 3 rings (SSSR count). The van der Waals surface area contributed by atoms with Gasteiger partial charge in [0.05, 0.1) is 11.9 Å². The van der Waals surface area contributed by atoms with E-state index < -0.39 is 28.5 Å². The minimum absolute atomic E-state index is 0.141. The molecule has 0 aromatic heterocycles. The van der Waals surface area contributed by atoms with Crippen molar-refractivity contribution in [3.63, 3.8) is 0 Å². The molecule has 7 nitrogen and oxygen atoms in total. The second-order valence-corrected chi connectivity index (χ2v) is 10.9. The number of hydrogen-bond donors (Lipinski definition) is 1. The Bertz CT molecular complexity index is 1280. The van der Waals surface area contributed by atoms with Crippen molar-refractivity contribution in [1.29, 1.82) is 0 Å². The van der Waals surface area contributed by atoms with E-state index in [-0.39, 0.29) is 18.9 Å². The number of benzene rings is 3. The standard InChI is InChI=1S/C27H30ClN3O4S/c1-20-9-11-22(12-10-20)18-30(25(27(33)29-2)17-21-7-5-4-6-8-21)26(32)19-31(36(3,34)35)24-15-13-23(28)14-16-24/h4-16,25H,17-19H2,1-3H3,(H,29,33)/t25-/m0/s1. The molecule has 0 aliphatic rings. The van der Waals surface area contributed by atoms with Crippen molar-refractivity contribution in [3.05, 3.63) is 101 Å². The third-order valence-electron chi connectivity index (χ3n) is 5.78. The summed E-state index contributed by atoms with van der Waals surface area (Å²) < 4.78 is 26.4. The zero-order chi connectivity index (χ0) is 26.3. The number of halogens is 1. The number of sulfonamides is 1. The molecule has 1 N–H and O–H groups in total. The van der Waals surface area contributed by atoms with Gasteiger partial charge in [0.25, 0.3) is 0 Å². The van der Waals surface area contributed by atoms with Crippen LogP contribution in [0.1, 0.15) is 16.7 Å². The van der Waals surface area contributed by atoms with Gasteiger partial charge in [0.15, 0.2) is 0 Å². The number of anilines is 1. The van der Waals surface area contributed by atoms with Crippen LogP contribution in [0.3, 0.4) is 0 Å². The minimum atomic E-state index is -3.81. The van der Waals surface area contributed by atoms with Gasteiger partial charge in [0.2, 0.25) is 21.8 Å². The zero-order valence-electron chi connectivity index (χ0n) is 20.5. The molecule has 0 saturated carbocycles. The third-order valence-corrected chi connectivity index (χ3v) is 7.18. The van der Waals surface area contributed by atoms with Crippen LogP contribution >= 0.6 is 11.6 Å². The lowest BCUT2D eigenvalue weighted by molar-refractivity contribution is -0.139. The van der Waals surface area contributed by atoms with Crippen LogP contribution < -0.4 is 9.62 Å². The number of rotatable bonds is 10. The summed E-state index contributed by atoms with van der Waals surface area (Å²) in [6.45, 7) is 1.64. The maximum absolute atomic E-state index is 13.8. The largest absolute Gasteiger partial charge is 0.357 e. The predicted molar refractivity (Wildman–Crippen MR) is 143 cm³/mol. The Morgan fingerprint density at radius 1 is 0.917 bits per heavy atom. The average molecular weight is 528 g/mol. The van der Waals surface area contributed by atoms with E-state index in [9.17, 15) is 18.0 Å². The van der Waals surface area contributed by atoms with Gasteiger partial charge in [-0.25, -0.2) is 8.42 Å². The number of carbonyl (C=O) groups excluding carboxylic acids is 2. The number of hydrogen-bond acceptors (Lipinski definition) is 4. The van der Waals surface area contributed by atoms with Crippen molar-refractivity contribution in [2.45, 2.75) is 25.9 Å². The molecule has 0 unspecified atom stereocenters. The third kappa shape index (κ3) is 7.32. The fourth-order valence-corrected chi connectivity index (χ4v) is 4.81. The molecule has 3 aromatic carbocycles. The first-order chi connectivity index (χ1) is 17.1. The summed E-state index contributed by atoms with van der Waals surface area (Å²) in [6, 6.07) is 22.4. The molecule has 0 fully saturated rings. The zero-order valence-corrected chi connectivity index (χ0v) is 22.1. The van der Waals surface area contributed by atoms with Gasteiger partial charge < -0.3 is 10.2 Å². The highest BCUT2D eigenvalue weighted by atomic mass is 35.5. The molecule has 0 bridgehead atoms. The van der Waals surface area contributed by atoms with Crippen LogP contribution in [-0.2, 0) is 32.6 Å². The van der Waals surface area contributed by atoms with Gasteiger partial charge in [-0.2, -0.15) is 0 Å². The van der Waals surface area contributed by atoms with Gasteiger partial charge in [0.1, 0.15) is 12.6 Å². The highest BCUT2D eigenvalue weighted by Crippen LogP contribution is 2.22. The Morgan fingerprint density at radius 3 is 2.08 bits per heavy atom. The van der Waals surface area contributed by atoms with Crippen LogP contribution in [0.5, 0.6) is 0 Å². The second-order valence-electron chi connectivity index (χ2n) is 8.57. The first kappa shape index (κ1) is 27.2. The van der Waals surface area contributed by atoms with Crippen molar-refractivity contribution < 1.29 is 18.0 Å². The number of carbonyl (C=O) groups is 2. The average Bonchev–Trinajstić information content (AvgIpc) is 2.86. The maximum atomic E-state index is 13.8. The highest BCUT2D eigenvalue weighted by molar-refractivity contribution is 7.92. The van der Waals surface area contributed by atoms with Crippen LogP contribution in [0.25, 0.3) is 0 Å². The summed E-state index contributed by atoms with van der Waals surface area (Å²) >= 11 is 5.97. The molecule has 190 valence electrons. The van der Waals surface area contributed by atoms with Gasteiger partial charge in [-0.3, -0.25) is 13.9 Å². The van der Waals surface area contributed by atoms with E-state index in [1.807, 2.05) is 61.5 Å². The van der Waals surface area contributed by atoms with E-state index in [2.05, 4.69) is 5.32 Å². The first-order valence-electron chi connectivity index (χ1n) is 11.4. The molecule has 1 atom stereocenters. The lowest BCUT2D eigenvalue weighted by Gasteiger charge is -2.33. The Kier molecular flexibility index (Phi) is 9.12. The number of amides is 2. The fourth-order valence-electron chi connectivity index (χ4n) is 3.83. The van der Waals surface area contributed by atoms with Gasteiger partial charge in [-0.05, 0) is 42.3 Å². The normalized spacial score (nSPS) is 12.0. The van der Waals surface area contributed by atoms with Crippen molar-refractivity contribution >= 4 is 39.1 Å². The summed E-state index contributed by atoms with van der Waals surface area (Å²) in [5.41, 5.74) is 3.08. The summed E-state index contributed by atoms with van der Waals surface area (Å²) in [5.74, 6) is -0.836. The Balaban J connectivity index is 2.00. The van der Waals surface area contributed by atoms with Gasteiger partial charge in [0, 0.05) is 25.0 Å². The maximum Gasteiger partial charge on any atom is 0.244 e. The molecule has 9 heteroatoms. The van der Waals surface area contributed by atoms with Crippen molar-refractivity contribution in [3.8, 4) is 0 Å². The molecule has 0 aliphatic heterocycles. The predicted octanol–water partition coefficient (Wildman–Crippen LogP) is 3.80. The van der Waals surface area contributed by atoms with Crippen LogP contribution in [0.2, 0.25) is 5.02 Å². The smallest absolute Gasteiger partial charge is 0.244 e. The Labute approximate surface area is 217 Å². The van der Waals surface area contributed by atoms with E-state index in [0.717, 1.165) is 27.3 Å². The van der Waals surface area contributed by atoms with Crippen molar-refractivity contribution in [2.75, 3.05) is 24.2 Å². The van der Waals surface area contributed by atoms with E-state index in [1.54, 1.807) is 24.3 Å². The molecule has 3 aromatic rings. The Morgan fingerprint density at radius 2 is 1.53 bits per heavy atom. The molecule has 0 radical (unpaired) electrons. The molecule has 2 amide bonds. The van der Waals surface area contributed by atoms with E-state index in [4.69, 9.17) is 11.6 Å². The van der Waals surface area contributed by atoms with E-state index in [1.165, 1.54) is 11.9 Å². The molecule has 0 aliphatic carbocycles. The lowest BCUT2D eigenvalue weighted by atomic mass is 10.0. The number of nitrogens with zero attached hydrogens (tertiary/aromatic N) is 2. The SMILES string of the molecule is CNC(=O)[C@H](Cc1ccccc1)N(Cc1ccc(C)cc1)C(=O)CN(c1ccc(Cl)cc1)S(C)(=O)=O. The van der Waals surface area contributed by atoms with E-state index in [0.29, 0.717) is 10.7 Å². The summed E-state index contributed by atoms with van der Waals surface area (Å²) in [7, 11) is -2.29. The summed E-state index contributed by atoms with van der Waals surface area (Å²) in [6.07, 6.45) is 1.32. The first-order valence-corrected chi connectivity index (χ1v) is 13.6. The quantitative estimate of drug-likeness (QED) is 0.434. The van der Waals surface area contributed by atoms with Crippen molar-refractivity contribution in [2.24, 2.45) is 0 Å². The summed E-state index contributed by atoms with van der Waals surface area (Å²) in [5, 5.41) is 3.10.